The van der Waals surface area contributed by atoms with E-state index in [1.54, 1.807) is 89.4 Å². The molecular formula is C50H71FN6O11. The zero-order valence-corrected chi connectivity index (χ0v) is 41.3. The van der Waals surface area contributed by atoms with E-state index in [1.807, 2.05) is 32.0 Å². The van der Waals surface area contributed by atoms with Gasteiger partial charge in [0.2, 0.25) is 0 Å². The van der Waals surface area contributed by atoms with Gasteiger partial charge in [0.1, 0.15) is 17.6 Å². The minimum Gasteiger partial charge on any atom is -0.455 e. The number of nitrogens with two attached hydrogens (primary N) is 2. The van der Waals surface area contributed by atoms with Gasteiger partial charge in [-0.1, -0.05) is 58.0 Å². The van der Waals surface area contributed by atoms with Gasteiger partial charge in [-0.3, -0.25) is 14.6 Å². The zero-order valence-electron chi connectivity index (χ0n) is 41.3. The van der Waals surface area contributed by atoms with Crippen LogP contribution in [-0.4, -0.2) is 145 Å². The molecule has 0 bridgehead atoms. The summed E-state index contributed by atoms with van der Waals surface area (Å²) >= 11 is 0. The number of carbonyl (C=O) groups is 5. The summed E-state index contributed by atoms with van der Waals surface area (Å²) in [6.45, 7) is 12.9. The monoisotopic (exact) mass is 951 g/mol. The van der Waals surface area contributed by atoms with Gasteiger partial charge in [-0.2, -0.15) is 5.10 Å². The van der Waals surface area contributed by atoms with Crippen LogP contribution >= 0.6 is 0 Å². The fourth-order valence-corrected chi connectivity index (χ4v) is 10.1. The Labute approximate surface area is 399 Å². The van der Waals surface area contributed by atoms with Gasteiger partial charge in [-0.05, 0) is 98.2 Å². The number of hydrogen-bond acceptors (Lipinski definition) is 16. The number of esters is 2. The van der Waals surface area contributed by atoms with Crippen molar-refractivity contribution < 1.29 is 56.8 Å². The number of unbranched alkanes of at least 4 members (excludes halogenated alkanes) is 1. The number of aliphatic imine (C=N–C) groups is 1. The molecule has 3 aliphatic rings. The van der Waals surface area contributed by atoms with Crippen molar-refractivity contribution in [3.8, 4) is 0 Å². The average Bonchev–Trinajstić information content (AvgIpc) is 3.57. The molecule has 17 nitrogen and oxygen atoms in total. The predicted molar refractivity (Wildman–Crippen MR) is 254 cm³/mol. The minimum atomic E-state index is -3.25. The van der Waals surface area contributed by atoms with Crippen LogP contribution in [0.4, 0.5) is 14.9 Å². The fraction of sp³-hybridized carbons (Fsp3) is 0.620. The van der Waals surface area contributed by atoms with Crippen LogP contribution < -0.4 is 11.6 Å². The lowest BCUT2D eigenvalue weighted by molar-refractivity contribution is -0.295. The van der Waals surface area contributed by atoms with Crippen LogP contribution in [0.3, 0.4) is 0 Å². The molecule has 2 aromatic carbocycles. The van der Waals surface area contributed by atoms with Gasteiger partial charge in [-0.25, -0.2) is 18.8 Å². The summed E-state index contributed by atoms with van der Waals surface area (Å²) in [5.41, 5.74) is 1.46. The second-order valence-electron chi connectivity index (χ2n) is 19.2. The van der Waals surface area contributed by atoms with E-state index >= 15 is 4.39 Å². The quantitative estimate of drug-likeness (QED) is 0.0327. The SMILES string of the molecule is CC[C@H]1OC(=O)[C@@](C)(F)C(=O)[C@H](C)[C@@H](OC2O[C@H](C)C[C@H](N(C)C)[C@H]2OC(=O)c2ccccc2)[C@@](C)(OC)C[C@@H](C)C(=O)[C@H](C)C2N(CCCCN=CC(=NN)c3cccc(N)c3)C(=O)O[C@@]21C. The molecule has 4 N–H and O–H groups in total. The van der Waals surface area contributed by atoms with Crippen molar-refractivity contribution in [2.45, 2.75) is 147 Å². The van der Waals surface area contributed by atoms with Crippen LogP contribution in [-0.2, 0) is 42.8 Å². The number of nitrogen functional groups attached to an aromatic ring is 1. The summed E-state index contributed by atoms with van der Waals surface area (Å²) in [6.07, 6.45) is -3.28. The molecule has 3 fully saturated rings. The summed E-state index contributed by atoms with van der Waals surface area (Å²) in [5, 5.41) is 3.83. The first-order chi connectivity index (χ1) is 32.0. The van der Waals surface area contributed by atoms with Crippen LogP contribution in [0.25, 0.3) is 0 Å². The third kappa shape index (κ3) is 11.6. The molecule has 0 radical (unpaired) electrons. The smallest absolute Gasteiger partial charge is 0.410 e. The Hall–Kier alpha value is -5.30. The summed E-state index contributed by atoms with van der Waals surface area (Å²) in [7, 11) is 5.05. The highest BCUT2D eigenvalue weighted by atomic mass is 19.1. The van der Waals surface area contributed by atoms with Crippen LogP contribution in [0, 0.1) is 17.8 Å². The van der Waals surface area contributed by atoms with Gasteiger partial charge in [0.05, 0.1) is 35.5 Å². The first-order valence-electron chi connectivity index (χ1n) is 23.4. The maximum Gasteiger partial charge on any atom is 0.410 e. The Balaban J connectivity index is 1.48. The molecule has 3 aliphatic heterocycles. The van der Waals surface area contributed by atoms with Gasteiger partial charge in [0.25, 0.3) is 5.67 Å². The standard InChI is InChI=1S/C50H71FN6O11/c1-12-38-50(8)41(57(47(62)68-50)24-17-16-23-54-28-36(55-53)34-21-18-22-35(52)26-34)31(4)39(58)29(2)27-48(6,63-11)43(32(5)42(59)49(7,51)46(61)65-38)67-45-40(37(56(9)10)25-30(3)64-45)66-44(60)33-19-14-13-15-20-33/h13-15,18-22,26,28-32,37-38,40-41,43,45H,12,16-17,23-25,27,52-53H2,1-11H3/t29-,30-,31+,32+,37+,38-,40-,41?,43-,45?,48+,49+,50-/m1/s1. The van der Waals surface area contributed by atoms with Gasteiger partial charge in [0, 0.05) is 55.4 Å². The number of methoxy groups -OCH3 is 1. The first kappa shape index (κ1) is 53.7. The molecule has 0 spiro atoms. The van der Waals surface area contributed by atoms with Crippen molar-refractivity contribution in [2.75, 3.05) is 40.0 Å². The van der Waals surface area contributed by atoms with Crippen molar-refractivity contribution in [1.82, 2.24) is 9.80 Å². The van der Waals surface area contributed by atoms with Crippen molar-refractivity contribution >= 4 is 47.2 Å². The molecule has 374 valence electrons. The van der Waals surface area contributed by atoms with Crippen LogP contribution in [0.1, 0.15) is 103 Å². The highest BCUT2D eigenvalue weighted by Crippen LogP contribution is 2.44. The number of benzene rings is 2. The number of cyclic esters (lactones) is 1. The summed E-state index contributed by atoms with van der Waals surface area (Å²) in [6, 6.07) is 14.1. The fourth-order valence-electron chi connectivity index (χ4n) is 10.1. The lowest BCUT2D eigenvalue weighted by Crippen LogP contribution is -2.62. The largest absolute Gasteiger partial charge is 0.455 e. The molecule has 68 heavy (non-hydrogen) atoms. The molecule has 0 aliphatic carbocycles. The summed E-state index contributed by atoms with van der Waals surface area (Å²) in [4.78, 5) is 79.0. The number of ketones is 2. The van der Waals surface area contributed by atoms with E-state index in [4.69, 9.17) is 40.0 Å². The highest BCUT2D eigenvalue weighted by Gasteiger charge is 2.62. The molecular weight excluding hydrogens is 880 g/mol. The van der Waals surface area contributed by atoms with E-state index in [1.165, 1.54) is 18.9 Å². The number of carbonyl (C=O) groups excluding carboxylic acids is 5. The molecule has 13 atom stereocenters. The molecule has 3 saturated heterocycles. The number of rotatable bonds is 14. The van der Waals surface area contributed by atoms with Crippen LogP contribution in [0.15, 0.2) is 64.7 Å². The van der Waals surface area contributed by atoms with Gasteiger partial charge < -0.3 is 49.8 Å². The third-order valence-corrected chi connectivity index (χ3v) is 13.9. The molecule has 2 unspecified atom stereocenters. The summed E-state index contributed by atoms with van der Waals surface area (Å²) in [5.74, 6) is -1.14. The minimum absolute atomic E-state index is 0.0454. The Kier molecular flexibility index (Phi) is 17.7. The predicted octanol–water partition coefficient (Wildman–Crippen LogP) is 5.94. The number of anilines is 1. The first-order valence-corrected chi connectivity index (χ1v) is 23.4. The zero-order chi connectivity index (χ0) is 50.3. The van der Waals surface area contributed by atoms with E-state index in [9.17, 15) is 24.0 Å². The van der Waals surface area contributed by atoms with Gasteiger partial charge in [0.15, 0.2) is 23.8 Å². The number of hydrazone groups is 1. The number of likely N-dealkylation sites (N-methyl/N-ethyl adjacent to an activating group) is 1. The molecule has 0 saturated carbocycles. The number of amides is 1. The van der Waals surface area contributed by atoms with E-state index < -0.39 is 101 Å². The van der Waals surface area contributed by atoms with Crippen LogP contribution in [0.5, 0.6) is 0 Å². The number of ether oxygens (including phenoxy) is 6. The Morgan fingerprint density at radius 2 is 1.66 bits per heavy atom. The van der Waals surface area contributed by atoms with Gasteiger partial charge in [-0.15, -0.1) is 0 Å². The number of fused-ring (bicyclic) bond motifs is 1. The second-order valence-corrected chi connectivity index (χ2v) is 19.2. The average molecular weight is 951 g/mol. The van der Waals surface area contributed by atoms with E-state index in [-0.39, 0.29) is 25.2 Å². The highest BCUT2D eigenvalue weighted by molar-refractivity contribution is 6.38. The molecule has 5 rings (SSSR count). The maximum absolute atomic E-state index is 17.2. The van der Waals surface area contributed by atoms with Crippen molar-refractivity contribution in [2.24, 2.45) is 33.7 Å². The van der Waals surface area contributed by atoms with E-state index in [2.05, 4.69) is 10.1 Å². The van der Waals surface area contributed by atoms with Crippen LogP contribution in [0.2, 0.25) is 0 Å². The number of hydrogen-bond donors (Lipinski definition) is 2. The normalized spacial score (nSPS) is 34.4. The Morgan fingerprint density at radius 1 is 0.985 bits per heavy atom. The van der Waals surface area contributed by atoms with E-state index in [0.29, 0.717) is 48.3 Å². The molecule has 3 heterocycles. The molecule has 18 heteroatoms. The third-order valence-electron chi connectivity index (χ3n) is 13.9. The van der Waals surface area contributed by atoms with Crippen molar-refractivity contribution in [3.63, 3.8) is 0 Å². The lowest BCUT2D eigenvalue weighted by Gasteiger charge is -2.48. The molecule has 1 amide bonds. The molecule has 2 aromatic rings. The number of nitrogens with zero attached hydrogens (tertiary/aromatic N) is 4. The Morgan fingerprint density at radius 3 is 2.28 bits per heavy atom. The Bertz CT molecular complexity index is 2170. The number of Topliss-reactive ketones (excluding diaryl/α,β-unsaturated/α-hetero) is 2. The maximum atomic E-state index is 17.2. The second kappa shape index (κ2) is 22.4. The van der Waals surface area contributed by atoms with E-state index in [0.717, 1.165) is 6.92 Å². The van der Waals surface area contributed by atoms with Gasteiger partial charge >= 0.3 is 18.0 Å². The molecule has 0 aromatic heterocycles. The summed E-state index contributed by atoms with van der Waals surface area (Å²) < 4.78 is 54.7. The van der Waals surface area contributed by atoms with Crippen molar-refractivity contribution in [1.29, 1.82) is 0 Å². The van der Waals surface area contributed by atoms with Crippen molar-refractivity contribution in [3.05, 3.63) is 65.7 Å². The number of alkyl halides is 1. The topological polar surface area (TPSA) is 224 Å². The number of halogens is 1. The lowest BCUT2D eigenvalue weighted by atomic mass is 9.73.